The first-order chi connectivity index (χ1) is 11.7. The zero-order chi connectivity index (χ0) is 16.5. The molecule has 0 amide bonds. The fraction of sp³-hybridized carbons (Fsp3) is 0.600. The highest BCUT2D eigenvalue weighted by Gasteiger charge is 2.23. The van der Waals surface area contributed by atoms with E-state index in [1.54, 1.807) is 0 Å². The van der Waals surface area contributed by atoms with Crippen LogP contribution in [0.4, 0.5) is 0 Å². The molecule has 0 saturated heterocycles. The standard InChI is InChI=1S/C20H27N3S/c1-14-10-18(24-15(14)2)13-23-9-8-19-17(12-23)11-21-20(22-19)16-6-4-3-5-7-16/h10-11,16H,3-9,12-13H2,1-2H3. The Balaban J connectivity index is 1.45. The predicted octanol–water partition coefficient (Wildman–Crippen LogP) is 4.76. The molecular formula is C20H27N3S. The van der Waals surface area contributed by atoms with Gasteiger partial charge >= 0.3 is 0 Å². The molecule has 0 unspecified atom stereocenters. The van der Waals surface area contributed by atoms with Gasteiger partial charge in [0.15, 0.2) is 0 Å². The van der Waals surface area contributed by atoms with Crippen molar-refractivity contribution < 1.29 is 0 Å². The lowest BCUT2D eigenvalue weighted by Gasteiger charge is -2.28. The molecule has 1 fully saturated rings. The summed E-state index contributed by atoms with van der Waals surface area (Å²) < 4.78 is 0. The van der Waals surface area contributed by atoms with Gasteiger partial charge in [0.1, 0.15) is 5.82 Å². The monoisotopic (exact) mass is 341 g/mol. The van der Waals surface area contributed by atoms with Crippen LogP contribution in [-0.2, 0) is 19.5 Å². The number of aromatic nitrogens is 2. The van der Waals surface area contributed by atoms with Gasteiger partial charge in [0.05, 0.1) is 0 Å². The number of fused-ring (bicyclic) bond motifs is 1. The van der Waals surface area contributed by atoms with Crippen molar-refractivity contribution in [2.45, 2.75) is 71.4 Å². The average Bonchev–Trinajstić information content (AvgIpc) is 2.92. The first kappa shape index (κ1) is 16.2. The van der Waals surface area contributed by atoms with Crippen molar-refractivity contribution >= 4 is 11.3 Å². The van der Waals surface area contributed by atoms with E-state index >= 15 is 0 Å². The van der Waals surface area contributed by atoms with Crippen LogP contribution in [0.2, 0.25) is 0 Å². The number of hydrogen-bond acceptors (Lipinski definition) is 4. The molecule has 1 aliphatic carbocycles. The van der Waals surface area contributed by atoms with Crippen LogP contribution in [0, 0.1) is 13.8 Å². The lowest BCUT2D eigenvalue weighted by atomic mass is 9.88. The van der Waals surface area contributed by atoms with Crippen molar-refractivity contribution in [2.75, 3.05) is 6.54 Å². The highest BCUT2D eigenvalue weighted by Crippen LogP contribution is 2.31. The summed E-state index contributed by atoms with van der Waals surface area (Å²) >= 11 is 1.94. The van der Waals surface area contributed by atoms with Gasteiger partial charge in [-0.25, -0.2) is 9.97 Å². The van der Waals surface area contributed by atoms with Crippen molar-refractivity contribution in [1.82, 2.24) is 14.9 Å². The molecule has 2 aromatic heterocycles. The van der Waals surface area contributed by atoms with E-state index < -0.39 is 0 Å². The third-order valence-corrected chi connectivity index (χ3v) is 6.74. The summed E-state index contributed by atoms with van der Waals surface area (Å²) in [5.41, 5.74) is 4.07. The topological polar surface area (TPSA) is 29.0 Å². The van der Waals surface area contributed by atoms with Crippen LogP contribution in [-0.4, -0.2) is 21.4 Å². The summed E-state index contributed by atoms with van der Waals surface area (Å²) in [7, 11) is 0. The van der Waals surface area contributed by atoms with Crippen LogP contribution in [0.5, 0.6) is 0 Å². The Labute approximate surface area is 149 Å². The Morgan fingerprint density at radius 1 is 1.21 bits per heavy atom. The minimum atomic E-state index is 0.610. The molecule has 3 nitrogen and oxygen atoms in total. The molecule has 1 aliphatic heterocycles. The molecule has 0 N–H and O–H groups in total. The normalized spacial score (nSPS) is 19.4. The molecule has 2 aromatic rings. The van der Waals surface area contributed by atoms with Gasteiger partial charge in [-0.15, -0.1) is 11.3 Å². The molecule has 4 rings (SSSR count). The van der Waals surface area contributed by atoms with Crippen molar-refractivity contribution in [1.29, 1.82) is 0 Å². The van der Waals surface area contributed by atoms with E-state index in [0.29, 0.717) is 5.92 Å². The maximum atomic E-state index is 4.96. The van der Waals surface area contributed by atoms with E-state index in [1.165, 1.54) is 58.7 Å². The average molecular weight is 342 g/mol. The molecule has 0 radical (unpaired) electrons. The molecular weight excluding hydrogens is 314 g/mol. The summed E-state index contributed by atoms with van der Waals surface area (Å²) in [5.74, 6) is 1.73. The van der Waals surface area contributed by atoms with Crippen LogP contribution in [0.3, 0.4) is 0 Å². The maximum absolute atomic E-state index is 4.96. The van der Waals surface area contributed by atoms with E-state index in [9.17, 15) is 0 Å². The van der Waals surface area contributed by atoms with E-state index in [0.717, 1.165) is 31.9 Å². The largest absolute Gasteiger partial charge is 0.293 e. The summed E-state index contributed by atoms with van der Waals surface area (Å²) in [6.45, 7) is 7.60. The molecule has 128 valence electrons. The molecule has 2 aliphatic rings. The van der Waals surface area contributed by atoms with E-state index in [-0.39, 0.29) is 0 Å². The molecule has 4 heteroatoms. The van der Waals surface area contributed by atoms with Gasteiger partial charge in [0.25, 0.3) is 0 Å². The van der Waals surface area contributed by atoms with Crippen molar-refractivity contribution in [3.05, 3.63) is 44.7 Å². The third kappa shape index (κ3) is 3.40. The van der Waals surface area contributed by atoms with Crippen molar-refractivity contribution in [3.63, 3.8) is 0 Å². The van der Waals surface area contributed by atoms with Gasteiger partial charge in [-0.1, -0.05) is 19.3 Å². The summed E-state index contributed by atoms with van der Waals surface area (Å²) in [5, 5.41) is 0. The minimum absolute atomic E-state index is 0.610. The number of thiophene rings is 1. The Bertz CT molecular complexity index is 696. The fourth-order valence-electron chi connectivity index (χ4n) is 4.03. The highest BCUT2D eigenvalue weighted by atomic mass is 32.1. The zero-order valence-electron chi connectivity index (χ0n) is 14.8. The SMILES string of the molecule is Cc1cc(CN2CCc3nc(C4CCCCC4)ncc3C2)sc1C. The molecule has 1 saturated carbocycles. The van der Waals surface area contributed by atoms with Gasteiger partial charge in [-0.2, -0.15) is 0 Å². The number of rotatable bonds is 3. The van der Waals surface area contributed by atoms with Crippen LogP contribution in [0.25, 0.3) is 0 Å². The Morgan fingerprint density at radius 2 is 2.04 bits per heavy atom. The Hall–Kier alpha value is -1.26. The zero-order valence-corrected chi connectivity index (χ0v) is 15.7. The maximum Gasteiger partial charge on any atom is 0.131 e. The fourth-order valence-corrected chi connectivity index (χ4v) is 5.13. The Morgan fingerprint density at radius 3 is 2.79 bits per heavy atom. The van der Waals surface area contributed by atoms with Gasteiger partial charge in [-0.3, -0.25) is 4.90 Å². The van der Waals surface area contributed by atoms with Crippen LogP contribution in [0.15, 0.2) is 12.3 Å². The smallest absolute Gasteiger partial charge is 0.131 e. The molecule has 0 bridgehead atoms. The van der Waals surface area contributed by atoms with Gasteiger partial charge < -0.3 is 0 Å². The second kappa shape index (κ2) is 6.93. The number of hydrogen-bond donors (Lipinski definition) is 0. The molecule has 0 spiro atoms. The second-order valence-electron chi connectivity index (χ2n) is 7.45. The highest BCUT2D eigenvalue weighted by molar-refractivity contribution is 7.12. The van der Waals surface area contributed by atoms with Crippen LogP contribution in [0.1, 0.15) is 70.4 Å². The quantitative estimate of drug-likeness (QED) is 0.806. The van der Waals surface area contributed by atoms with Crippen molar-refractivity contribution in [2.24, 2.45) is 0 Å². The summed E-state index contributed by atoms with van der Waals surface area (Å²) in [6.07, 6.45) is 9.82. The van der Waals surface area contributed by atoms with Crippen molar-refractivity contribution in [3.8, 4) is 0 Å². The molecule has 0 atom stereocenters. The van der Waals surface area contributed by atoms with E-state index in [2.05, 4.69) is 31.0 Å². The second-order valence-corrected chi connectivity index (χ2v) is 8.79. The van der Waals surface area contributed by atoms with E-state index in [1.807, 2.05) is 11.3 Å². The van der Waals surface area contributed by atoms with Crippen LogP contribution >= 0.6 is 11.3 Å². The predicted molar refractivity (Wildman–Crippen MR) is 99.5 cm³/mol. The van der Waals surface area contributed by atoms with Gasteiger partial charge in [-0.05, 0) is 38.3 Å². The molecule has 0 aromatic carbocycles. The molecule has 24 heavy (non-hydrogen) atoms. The lowest BCUT2D eigenvalue weighted by Crippen LogP contribution is -2.31. The first-order valence-corrected chi connectivity index (χ1v) is 10.1. The van der Waals surface area contributed by atoms with Gasteiger partial charge in [0, 0.05) is 59.2 Å². The molecule has 3 heterocycles. The number of nitrogens with zero attached hydrogens (tertiary/aromatic N) is 3. The Kier molecular flexibility index (Phi) is 4.68. The third-order valence-electron chi connectivity index (χ3n) is 5.60. The summed E-state index contributed by atoms with van der Waals surface area (Å²) in [4.78, 5) is 15.2. The van der Waals surface area contributed by atoms with Gasteiger partial charge in [0.2, 0.25) is 0 Å². The minimum Gasteiger partial charge on any atom is -0.293 e. The first-order valence-electron chi connectivity index (χ1n) is 9.32. The van der Waals surface area contributed by atoms with Crippen LogP contribution < -0.4 is 0 Å². The number of aryl methyl sites for hydroxylation is 2. The van der Waals surface area contributed by atoms with E-state index in [4.69, 9.17) is 9.97 Å². The summed E-state index contributed by atoms with van der Waals surface area (Å²) in [6, 6.07) is 2.35. The lowest BCUT2D eigenvalue weighted by molar-refractivity contribution is 0.244.